The summed E-state index contributed by atoms with van der Waals surface area (Å²) in [7, 11) is 0. The Morgan fingerprint density at radius 1 is 1.53 bits per heavy atom. The summed E-state index contributed by atoms with van der Waals surface area (Å²) in [5.74, 6) is 0. The van der Waals surface area contributed by atoms with Gasteiger partial charge in [0.1, 0.15) is 5.60 Å². The molecule has 1 saturated carbocycles. The summed E-state index contributed by atoms with van der Waals surface area (Å²) in [6, 6.07) is 0.390. The first-order chi connectivity index (χ1) is 7.94. The van der Waals surface area contributed by atoms with Crippen LogP contribution in [0.15, 0.2) is 6.20 Å². The van der Waals surface area contributed by atoms with Gasteiger partial charge in [-0.15, -0.1) is 0 Å². The number of hydrogen-bond acceptors (Lipinski definition) is 3. The van der Waals surface area contributed by atoms with Crippen molar-refractivity contribution in [2.75, 3.05) is 0 Å². The lowest BCUT2D eigenvalue weighted by Gasteiger charge is -2.35. The second-order valence-electron chi connectivity index (χ2n) is 5.25. The van der Waals surface area contributed by atoms with Crippen molar-refractivity contribution >= 4 is 11.6 Å². The molecule has 96 valence electrons. The lowest BCUT2D eigenvalue weighted by atomic mass is 9.80. The van der Waals surface area contributed by atoms with Crippen LogP contribution in [0.2, 0.25) is 5.02 Å². The molecule has 0 spiro atoms. The first kappa shape index (κ1) is 12.9. The first-order valence-corrected chi connectivity index (χ1v) is 6.53. The van der Waals surface area contributed by atoms with Crippen LogP contribution in [-0.2, 0) is 5.60 Å². The minimum Gasteiger partial charge on any atom is -0.384 e. The van der Waals surface area contributed by atoms with Crippen LogP contribution in [0.4, 0.5) is 0 Å². The molecule has 4 nitrogen and oxygen atoms in total. The minimum atomic E-state index is -0.867. The fraction of sp³-hybridized carbons (Fsp3) is 0.750. The van der Waals surface area contributed by atoms with Gasteiger partial charge >= 0.3 is 0 Å². The van der Waals surface area contributed by atoms with Gasteiger partial charge in [-0.1, -0.05) is 11.6 Å². The smallest absolute Gasteiger partial charge is 0.108 e. The van der Waals surface area contributed by atoms with Gasteiger partial charge in [0.05, 0.1) is 16.9 Å². The van der Waals surface area contributed by atoms with Crippen LogP contribution in [0.3, 0.4) is 0 Å². The average Bonchev–Trinajstić information content (AvgIpc) is 2.66. The first-order valence-electron chi connectivity index (χ1n) is 6.15. The van der Waals surface area contributed by atoms with Crippen LogP contribution in [0.25, 0.3) is 0 Å². The van der Waals surface area contributed by atoms with Crippen molar-refractivity contribution in [3.05, 3.63) is 16.9 Å². The highest BCUT2D eigenvalue weighted by Gasteiger charge is 2.38. The molecule has 5 heteroatoms. The summed E-state index contributed by atoms with van der Waals surface area (Å²) in [5.41, 5.74) is 5.76. The molecule has 17 heavy (non-hydrogen) atoms. The van der Waals surface area contributed by atoms with Crippen LogP contribution >= 0.6 is 11.6 Å². The summed E-state index contributed by atoms with van der Waals surface area (Å²) in [6.45, 7) is 4.06. The topological polar surface area (TPSA) is 64.1 Å². The summed E-state index contributed by atoms with van der Waals surface area (Å²) in [5, 5.41) is 15.6. The molecule has 0 aromatic carbocycles. The predicted octanol–water partition coefficient (Wildman–Crippen LogP) is 2.21. The van der Waals surface area contributed by atoms with E-state index >= 15 is 0 Å². The van der Waals surface area contributed by atoms with Crippen molar-refractivity contribution in [2.45, 2.75) is 57.2 Å². The number of halogens is 1. The lowest BCUT2D eigenvalue weighted by Crippen LogP contribution is -2.38. The third kappa shape index (κ3) is 2.34. The molecule has 1 fully saturated rings. The van der Waals surface area contributed by atoms with Crippen LogP contribution in [0, 0.1) is 0 Å². The van der Waals surface area contributed by atoms with Gasteiger partial charge in [0.25, 0.3) is 0 Å². The van der Waals surface area contributed by atoms with Gasteiger partial charge in [-0.25, -0.2) is 0 Å². The number of rotatable bonds is 2. The van der Waals surface area contributed by atoms with Crippen molar-refractivity contribution in [2.24, 2.45) is 5.73 Å². The molecule has 2 rings (SSSR count). The molecule has 3 N–H and O–H groups in total. The molecule has 0 atom stereocenters. The molecule has 0 radical (unpaired) electrons. The maximum Gasteiger partial charge on any atom is 0.108 e. The Balaban J connectivity index is 2.35. The zero-order valence-corrected chi connectivity index (χ0v) is 11.1. The lowest BCUT2D eigenvalue weighted by molar-refractivity contribution is -0.0136. The van der Waals surface area contributed by atoms with Crippen LogP contribution in [0.1, 0.15) is 51.3 Å². The number of aliphatic hydroxyl groups is 1. The van der Waals surface area contributed by atoms with Crippen molar-refractivity contribution in [3.8, 4) is 0 Å². The van der Waals surface area contributed by atoms with Crippen LogP contribution in [0.5, 0.6) is 0 Å². The Morgan fingerprint density at radius 2 is 2.12 bits per heavy atom. The Labute approximate surface area is 107 Å². The molecule has 0 aliphatic heterocycles. The highest BCUT2D eigenvalue weighted by atomic mass is 35.5. The third-order valence-corrected chi connectivity index (χ3v) is 3.81. The molecule has 1 aliphatic carbocycles. The third-order valence-electron chi connectivity index (χ3n) is 3.54. The van der Waals surface area contributed by atoms with E-state index in [9.17, 15) is 5.11 Å². The van der Waals surface area contributed by atoms with E-state index < -0.39 is 5.60 Å². The van der Waals surface area contributed by atoms with E-state index in [1.807, 2.05) is 18.5 Å². The van der Waals surface area contributed by atoms with E-state index in [1.54, 1.807) is 6.20 Å². The fourth-order valence-corrected chi connectivity index (χ4v) is 2.83. The van der Waals surface area contributed by atoms with E-state index in [1.165, 1.54) is 0 Å². The summed E-state index contributed by atoms with van der Waals surface area (Å²) >= 11 is 6.17. The van der Waals surface area contributed by atoms with Crippen LogP contribution < -0.4 is 5.73 Å². The van der Waals surface area contributed by atoms with E-state index in [0.29, 0.717) is 17.9 Å². The Hall–Kier alpha value is -0.580. The maximum absolute atomic E-state index is 10.8. The van der Waals surface area contributed by atoms with E-state index in [-0.39, 0.29) is 12.1 Å². The van der Waals surface area contributed by atoms with E-state index in [0.717, 1.165) is 18.5 Å². The quantitative estimate of drug-likeness (QED) is 0.854. The second-order valence-corrected chi connectivity index (χ2v) is 5.66. The van der Waals surface area contributed by atoms with Gasteiger partial charge in [0.15, 0.2) is 0 Å². The van der Waals surface area contributed by atoms with Gasteiger partial charge in [0, 0.05) is 12.1 Å². The largest absolute Gasteiger partial charge is 0.384 e. The Kier molecular flexibility index (Phi) is 3.48. The van der Waals surface area contributed by atoms with E-state index in [2.05, 4.69) is 5.10 Å². The van der Waals surface area contributed by atoms with Crippen molar-refractivity contribution in [1.82, 2.24) is 9.78 Å². The molecule has 0 bridgehead atoms. The molecule has 0 amide bonds. The van der Waals surface area contributed by atoms with Crippen molar-refractivity contribution < 1.29 is 5.11 Å². The summed E-state index contributed by atoms with van der Waals surface area (Å²) < 4.78 is 1.82. The average molecular weight is 258 g/mol. The van der Waals surface area contributed by atoms with E-state index in [4.69, 9.17) is 17.3 Å². The van der Waals surface area contributed by atoms with Crippen molar-refractivity contribution in [3.63, 3.8) is 0 Å². The molecule has 0 unspecified atom stereocenters. The zero-order chi connectivity index (χ0) is 12.6. The SMILES string of the molecule is CC(C)n1ncc(Cl)c1C1(O)CCC(N)CC1. The molecule has 1 aromatic rings. The van der Waals surface area contributed by atoms with Gasteiger partial charge in [-0.05, 0) is 39.5 Å². The van der Waals surface area contributed by atoms with Gasteiger partial charge in [-0.3, -0.25) is 4.68 Å². The van der Waals surface area contributed by atoms with Gasteiger partial charge < -0.3 is 10.8 Å². The minimum absolute atomic E-state index is 0.192. The normalized spacial score (nSPS) is 29.9. The highest BCUT2D eigenvalue weighted by molar-refractivity contribution is 6.31. The number of aromatic nitrogens is 2. The molecular weight excluding hydrogens is 238 g/mol. The molecular formula is C12H20ClN3O. The van der Waals surface area contributed by atoms with Gasteiger partial charge in [-0.2, -0.15) is 5.10 Å². The fourth-order valence-electron chi connectivity index (χ4n) is 2.52. The standard InChI is InChI=1S/C12H20ClN3O/c1-8(2)16-11(10(13)7-15-16)12(17)5-3-9(14)4-6-12/h7-9,17H,3-6,14H2,1-2H3. The molecule has 1 heterocycles. The van der Waals surface area contributed by atoms with Crippen molar-refractivity contribution in [1.29, 1.82) is 0 Å². The molecule has 0 saturated heterocycles. The number of nitrogens with two attached hydrogens (primary N) is 1. The monoisotopic (exact) mass is 257 g/mol. The summed E-state index contributed by atoms with van der Waals surface area (Å²) in [6.07, 6.45) is 4.59. The molecule has 1 aliphatic rings. The molecule has 1 aromatic heterocycles. The van der Waals surface area contributed by atoms with Crippen LogP contribution in [-0.4, -0.2) is 20.9 Å². The predicted molar refractivity (Wildman–Crippen MR) is 68.0 cm³/mol. The summed E-state index contributed by atoms with van der Waals surface area (Å²) in [4.78, 5) is 0. The zero-order valence-electron chi connectivity index (χ0n) is 10.4. The maximum atomic E-state index is 10.8. The Bertz CT molecular complexity index is 394. The highest BCUT2D eigenvalue weighted by Crippen LogP contribution is 2.40. The second kappa shape index (κ2) is 4.59. The Morgan fingerprint density at radius 3 is 2.65 bits per heavy atom. The number of hydrogen-bond donors (Lipinski definition) is 2. The number of nitrogens with zero attached hydrogens (tertiary/aromatic N) is 2. The van der Waals surface area contributed by atoms with Gasteiger partial charge in [0.2, 0.25) is 0 Å².